The first-order valence-corrected chi connectivity index (χ1v) is 28.2. The van der Waals surface area contributed by atoms with Gasteiger partial charge in [-0.3, -0.25) is 53.8 Å². The number of nitro benzene ring substituents is 2. The highest BCUT2D eigenvalue weighted by molar-refractivity contribution is 9.19. The molecule has 0 saturated carbocycles. The van der Waals surface area contributed by atoms with Crippen LogP contribution in [0, 0.1) is 100 Å². The molecule has 0 aliphatic rings. The summed E-state index contributed by atoms with van der Waals surface area (Å²) in [4.78, 5) is 99.1. The zero-order chi connectivity index (χ0) is 74.7. The number of Topliss-reactive ketones (excluding diaryl/α,β-unsaturated/α-hetero) is 1. The van der Waals surface area contributed by atoms with Gasteiger partial charge in [-0.25, -0.2) is 43.9 Å². The predicted molar refractivity (Wildman–Crippen MR) is 333 cm³/mol. The number of nitrogens with one attached hydrogen (secondary N) is 3. The number of ketones is 1. The molecule has 94 heavy (non-hydrogen) atoms. The van der Waals surface area contributed by atoms with Crippen LogP contribution in [-0.2, 0) is 44.7 Å². The molecule has 0 spiro atoms. The quantitative estimate of drug-likeness (QED) is 0.00923. The molecule has 0 aliphatic carbocycles. The van der Waals surface area contributed by atoms with Crippen LogP contribution in [0.25, 0.3) is 0 Å². The number of hydrogen-bond donors (Lipinski definition) is 8. The van der Waals surface area contributed by atoms with Crippen LogP contribution in [0.1, 0.15) is 48.5 Å². The van der Waals surface area contributed by atoms with Crippen molar-refractivity contribution in [3.8, 4) is 0 Å². The molecule has 0 fully saturated rings. The third-order valence-corrected chi connectivity index (χ3v) is 11.3. The number of nitro groups is 2. The van der Waals surface area contributed by atoms with E-state index in [2.05, 4.69) is 79.1 Å². The average Bonchev–Trinajstić information content (AvgIpc) is 1.37. The fourth-order valence-electron chi connectivity index (χ4n) is 4.99. The highest BCUT2D eigenvalue weighted by atomic mass is 79.9. The summed E-state index contributed by atoms with van der Waals surface area (Å²) >= 11 is 11.4. The van der Waals surface area contributed by atoms with Gasteiger partial charge in [-0.1, -0.05) is 61.6 Å². The SMILES string of the molecule is CC(=O)Nc1cc(F)c([N+](=O)[O-])cc1F.CC(=O)Nc1cc(F)ccc1F.CC(=O)OC(C)=O.Nc1cc(F)c(N)cc1F.Nc1cc(F)c([N+](=O)[O-])cc1F.Nc1cc(F)ccc1F.O=C(Br)CBr.O=C(CBr)Cc1cc(F)c(NC(=O)CBr)cc1F.O=[N+]([O-])O.[2H]CC. The van der Waals surface area contributed by atoms with E-state index in [1.165, 1.54) is 20.8 Å². The molecule has 6 aromatic rings. The predicted octanol–water partition coefficient (Wildman–Crippen LogP) is 12.8. The summed E-state index contributed by atoms with van der Waals surface area (Å²) in [5, 5.41) is 40.7. The summed E-state index contributed by atoms with van der Waals surface area (Å²) in [5.41, 5.74) is 16.2. The number of anilines is 7. The van der Waals surface area contributed by atoms with Crippen LogP contribution in [0.15, 0.2) is 84.9 Å². The van der Waals surface area contributed by atoms with Crippen LogP contribution in [0.5, 0.6) is 0 Å². The second-order valence-corrected chi connectivity index (χ2v) is 18.5. The molecule has 516 valence electrons. The van der Waals surface area contributed by atoms with Gasteiger partial charge in [0.15, 0.2) is 11.6 Å². The van der Waals surface area contributed by atoms with Gasteiger partial charge in [0.25, 0.3) is 5.09 Å². The van der Waals surface area contributed by atoms with Crippen molar-refractivity contribution < 1.29 is 112 Å². The highest BCUT2D eigenvalue weighted by Crippen LogP contribution is 2.26. The zero-order valence-corrected chi connectivity index (χ0v) is 54.8. The number of hydrogen-bond acceptors (Lipinski definition) is 18. The standard InChI is InChI=1S/C11H9Br2F2NO2.C8H6F2N2O3.C8H7F2NO.C6H4F2N2O2.C6H6F2N2.C6H5F2N.C4H6O3.C2H2Br2O.C2H6.HNO3/c12-4-7(17)1-6-2-9(15)10(3-8(6)14)16-11(18)5-13;1-4(13)11-7-2-6(10)8(12(14)15)3-5(7)9;1-5(12)11-8-4-6(9)2-3-7(8)10;7-3-2-6(10(11)12)4(8)1-5(3)9;7-3-1-5(9)4(8)2-6(3)10;7-4-1-2-5(8)6(9)3-4;1-3(5)7-4(2)6;3-1-2(4)5;1-2;2-1(3)4/h2-3H,1,4-5H2,(H,16,18);2-3H,1H3,(H,11,13);2-4H,1H3,(H,11,12);1-2H,9H2;1-2H,9-10H2;1-3H,9H2;1-2H3;1H2;1-2H3;(H,2,3,4)/i;;;;;;;;1D;. The van der Waals surface area contributed by atoms with E-state index in [0.29, 0.717) is 36.5 Å². The molecular weight excluding hydrogens is 1560 g/mol. The van der Waals surface area contributed by atoms with Crippen LogP contribution >= 0.6 is 63.7 Å². The van der Waals surface area contributed by atoms with E-state index in [9.17, 15) is 106 Å². The number of esters is 2. The van der Waals surface area contributed by atoms with Crippen molar-refractivity contribution in [3.63, 3.8) is 0 Å². The van der Waals surface area contributed by atoms with Crippen molar-refractivity contribution in [1.82, 2.24) is 0 Å². The van der Waals surface area contributed by atoms with Gasteiger partial charge < -0.3 is 48.8 Å². The van der Waals surface area contributed by atoms with Gasteiger partial charge in [-0.2, -0.15) is 8.78 Å². The molecule has 25 nitrogen and oxygen atoms in total. The number of nitrogens with two attached hydrogens (primary N) is 4. The smallest absolute Gasteiger partial charge is 0.310 e. The van der Waals surface area contributed by atoms with E-state index < -0.39 is 137 Å². The highest BCUT2D eigenvalue weighted by Gasteiger charge is 2.20. The Balaban J connectivity index is -0.000000501. The Labute approximate surface area is 558 Å². The summed E-state index contributed by atoms with van der Waals surface area (Å²) in [6.07, 6.45) is -0.194. The van der Waals surface area contributed by atoms with Crippen molar-refractivity contribution in [2.75, 3.05) is 54.9 Å². The second kappa shape index (κ2) is 48.3. The molecule has 6 aromatic carbocycles. The number of nitrogens with zero attached hydrogens (tertiary/aromatic N) is 3. The van der Waals surface area contributed by atoms with E-state index in [4.69, 9.17) is 39.6 Å². The third kappa shape index (κ3) is 41.8. The molecule has 0 saturated heterocycles. The fourth-order valence-corrected chi connectivity index (χ4v) is 5.33. The Kier molecular flexibility index (Phi) is 45.5. The number of carbonyl (C=O) groups excluding carboxylic acids is 7. The molecule has 0 unspecified atom stereocenters. The number of benzene rings is 6. The fraction of sp³-hybridized carbons (Fsp3) is 0.189. The average molecular weight is 1620 g/mol. The molecule has 3 amide bonds. The summed E-state index contributed by atoms with van der Waals surface area (Å²) in [5.74, 6) is -12.5. The van der Waals surface area contributed by atoms with E-state index in [-0.39, 0.29) is 61.6 Å². The summed E-state index contributed by atoms with van der Waals surface area (Å²) in [6.45, 7) is 6.99. The molecule has 0 aliphatic heterocycles. The molecule has 0 atom stereocenters. The lowest BCUT2D eigenvalue weighted by atomic mass is 10.1. The Bertz CT molecular complexity index is 3510. The summed E-state index contributed by atoms with van der Waals surface area (Å²) in [6, 6.07) is 11.3. The first-order valence-electron chi connectivity index (χ1n) is 24.8. The molecule has 0 bridgehead atoms. The summed E-state index contributed by atoms with van der Waals surface area (Å²) in [7, 11) is 0. The number of halogens is 16. The Morgan fingerprint density at radius 2 is 0.819 bits per heavy atom. The van der Waals surface area contributed by atoms with Crippen molar-refractivity contribution >= 4 is 155 Å². The Hall–Kier alpha value is -9.51. The topological polar surface area (TPSA) is 419 Å². The lowest BCUT2D eigenvalue weighted by molar-refractivity contribution is -0.742. The molecule has 6 rings (SSSR count). The number of amides is 3. The molecule has 12 N–H and O–H groups in total. The van der Waals surface area contributed by atoms with Gasteiger partial charge in [0.2, 0.25) is 34.0 Å². The third-order valence-electron chi connectivity index (χ3n) is 8.58. The van der Waals surface area contributed by atoms with Gasteiger partial charge in [0.05, 0.1) is 77.8 Å². The van der Waals surface area contributed by atoms with Gasteiger partial charge in [-0.15, -0.1) is 10.1 Å². The number of carbonyl (C=O) groups is 7. The van der Waals surface area contributed by atoms with Gasteiger partial charge >= 0.3 is 23.3 Å². The molecule has 41 heteroatoms. The van der Waals surface area contributed by atoms with Crippen LogP contribution in [0.2, 0.25) is 0 Å². The first-order chi connectivity index (χ1) is 43.8. The number of nitrogen functional groups attached to an aromatic ring is 4. The van der Waals surface area contributed by atoms with Gasteiger partial charge in [-0.05, 0) is 57.9 Å². The maximum Gasteiger partial charge on any atom is 0.310 e. The molecule has 0 aromatic heterocycles. The van der Waals surface area contributed by atoms with E-state index >= 15 is 0 Å². The minimum atomic E-state index is -1.50. The monoisotopic (exact) mass is 1610 g/mol. The van der Waals surface area contributed by atoms with Gasteiger partial charge in [0.1, 0.15) is 52.3 Å². The zero-order valence-electron chi connectivity index (χ0n) is 49.5. The number of rotatable bonds is 10. The van der Waals surface area contributed by atoms with Gasteiger partial charge in [0, 0.05) is 71.9 Å². The number of alkyl halides is 3. The lowest BCUT2D eigenvalue weighted by Gasteiger charge is -2.08. The Morgan fingerprint density at radius 3 is 1.17 bits per heavy atom. The maximum atomic E-state index is 13.6. The second-order valence-electron chi connectivity index (χ2n) is 15.9. The van der Waals surface area contributed by atoms with Crippen molar-refractivity contribution in [2.24, 2.45) is 0 Å². The first kappa shape index (κ1) is 88.7. The van der Waals surface area contributed by atoms with E-state index in [1.54, 1.807) is 6.92 Å². The van der Waals surface area contributed by atoms with E-state index in [0.717, 1.165) is 67.6 Å². The van der Waals surface area contributed by atoms with Crippen molar-refractivity contribution in [1.29, 1.82) is 0 Å². The Morgan fingerprint density at radius 1 is 0.489 bits per heavy atom. The van der Waals surface area contributed by atoms with Crippen LogP contribution in [0.3, 0.4) is 0 Å². The van der Waals surface area contributed by atoms with Crippen molar-refractivity contribution in [3.05, 3.63) is 191 Å². The lowest BCUT2D eigenvalue weighted by Crippen LogP contribution is -2.14. The maximum absolute atomic E-state index is 13.6. The van der Waals surface area contributed by atoms with Crippen molar-refractivity contribution in [2.45, 2.75) is 47.9 Å². The summed E-state index contributed by atoms with van der Waals surface area (Å²) < 4.78 is 163. The minimum Gasteiger partial charge on any atom is -0.396 e. The normalized spacial score (nSPS) is 9.39. The molecule has 0 heterocycles. The van der Waals surface area contributed by atoms with Crippen LogP contribution < -0.4 is 38.9 Å². The van der Waals surface area contributed by atoms with E-state index in [1.807, 2.05) is 5.32 Å². The largest absolute Gasteiger partial charge is 0.396 e. The molecular formula is C53H52Br4F12N10O15. The number of ether oxygens (including phenoxy) is 1. The molecule has 0 radical (unpaired) electrons. The minimum absolute atomic E-state index is 0.0160. The van der Waals surface area contributed by atoms with Crippen LogP contribution in [0.4, 0.5) is 104 Å². The van der Waals surface area contributed by atoms with Crippen LogP contribution in [-0.4, -0.2) is 76.3 Å².